The summed E-state index contributed by atoms with van der Waals surface area (Å²) in [5.74, 6) is 1.76. The summed E-state index contributed by atoms with van der Waals surface area (Å²) in [4.78, 5) is 32.3. The van der Waals surface area contributed by atoms with Gasteiger partial charge in [0.15, 0.2) is 17.1 Å². The van der Waals surface area contributed by atoms with Gasteiger partial charge in [-0.1, -0.05) is 24.3 Å². The van der Waals surface area contributed by atoms with Crippen LogP contribution in [0.4, 0.5) is 11.4 Å². The molecule has 5 rings (SSSR count). The number of nitrogens with zero attached hydrogens (tertiary/aromatic N) is 1. The van der Waals surface area contributed by atoms with Gasteiger partial charge in [0.1, 0.15) is 5.52 Å². The lowest BCUT2D eigenvalue weighted by Gasteiger charge is -2.20. The van der Waals surface area contributed by atoms with Crippen molar-refractivity contribution in [3.05, 3.63) is 75.7 Å². The first-order valence-corrected chi connectivity index (χ1v) is 7.49. The average molecular weight is 335 g/mol. The molecule has 4 N–H and O–H groups in total. The van der Waals surface area contributed by atoms with Gasteiger partial charge >= 0.3 is 5.69 Å². The zero-order chi connectivity index (χ0) is 17.2. The average Bonchev–Trinajstić information content (AvgIpc) is 3.09. The molecule has 0 saturated carbocycles. The van der Waals surface area contributed by atoms with E-state index >= 15 is 0 Å². The van der Waals surface area contributed by atoms with Crippen LogP contribution in [-0.4, -0.2) is 19.9 Å². The molecule has 0 fully saturated rings. The van der Waals surface area contributed by atoms with Gasteiger partial charge in [0, 0.05) is 0 Å². The van der Waals surface area contributed by atoms with E-state index in [1.165, 1.54) is 6.33 Å². The highest BCUT2D eigenvalue weighted by Gasteiger charge is 2.13. The molecule has 1 aliphatic heterocycles. The van der Waals surface area contributed by atoms with Crippen LogP contribution in [0.15, 0.2) is 64.4 Å². The molecule has 0 atom stereocenters. The van der Waals surface area contributed by atoms with Crippen LogP contribution >= 0.6 is 0 Å². The van der Waals surface area contributed by atoms with Crippen molar-refractivity contribution in [2.75, 3.05) is 5.32 Å². The standard InChI is InChI=1S/C12H9NO.C5H4N4O2/c1-3-7-11-9(5-1)13-10-6-2-4-8-12(10)14-11;10-4-2-3(7-1-6-2)8-5(11)9-4/h1-8,13H;1H,(H3,6,7,8,9,10,11). The third kappa shape index (κ3) is 2.88. The maximum absolute atomic E-state index is 10.9. The summed E-state index contributed by atoms with van der Waals surface area (Å²) in [6.07, 6.45) is 1.34. The highest BCUT2D eigenvalue weighted by Crippen LogP contribution is 2.40. The van der Waals surface area contributed by atoms with Crippen molar-refractivity contribution in [1.82, 2.24) is 19.9 Å². The number of nitrogens with one attached hydrogen (secondary N) is 4. The molecule has 0 saturated heterocycles. The lowest BCUT2D eigenvalue weighted by atomic mass is 10.2. The number of H-pyrrole nitrogens is 3. The quantitative estimate of drug-likeness (QED) is 0.347. The Morgan fingerprint density at radius 3 is 2.16 bits per heavy atom. The minimum Gasteiger partial charge on any atom is -0.453 e. The van der Waals surface area contributed by atoms with E-state index < -0.39 is 11.2 Å². The number of aromatic nitrogens is 4. The molecule has 124 valence electrons. The fraction of sp³-hybridized carbons (Fsp3) is 0. The molecular weight excluding hydrogens is 322 g/mol. The fourth-order valence-corrected chi connectivity index (χ4v) is 2.45. The van der Waals surface area contributed by atoms with E-state index in [1.54, 1.807) is 0 Å². The van der Waals surface area contributed by atoms with Crippen molar-refractivity contribution in [1.29, 1.82) is 0 Å². The Balaban J connectivity index is 0.000000129. The SMILES string of the molecule is O=c1[nH]c(=O)c2[nH]cnc2[nH]1.c1ccc2c(c1)Nc1ccccc1O2. The maximum Gasteiger partial charge on any atom is 0.327 e. The number of fused-ring (bicyclic) bond motifs is 3. The van der Waals surface area contributed by atoms with Crippen LogP contribution in [0.3, 0.4) is 0 Å². The summed E-state index contributed by atoms with van der Waals surface area (Å²) in [7, 11) is 0. The van der Waals surface area contributed by atoms with E-state index in [4.69, 9.17) is 4.74 Å². The Labute approximate surface area is 140 Å². The first kappa shape index (κ1) is 14.8. The molecule has 8 nitrogen and oxygen atoms in total. The fourth-order valence-electron chi connectivity index (χ4n) is 2.45. The summed E-state index contributed by atoms with van der Waals surface area (Å²) < 4.78 is 5.71. The van der Waals surface area contributed by atoms with Crippen LogP contribution < -0.4 is 21.3 Å². The van der Waals surface area contributed by atoms with Crippen LogP contribution in [0.5, 0.6) is 11.5 Å². The largest absolute Gasteiger partial charge is 0.453 e. The maximum atomic E-state index is 10.9. The van der Waals surface area contributed by atoms with Crippen molar-refractivity contribution >= 4 is 22.5 Å². The number of anilines is 2. The van der Waals surface area contributed by atoms with E-state index in [-0.39, 0.29) is 11.2 Å². The van der Waals surface area contributed by atoms with Crippen molar-refractivity contribution in [2.24, 2.45) is 0 Å². The number of hydrogen-bond donors (Lipinski definition) is 4. The molecule has 1 aliphatic rings. The molecule has 8 heteroatoms. The molecule has 4 aromatic rings. The second-order valence-electron chi connectivity index (χ2n) is 5.25. The van der Waals surface area contributed by atoms with E-state index in [0.29, 0.717) is 0 Å². The lowest BCUT2D eigenvalue weighted by Crippen LogP contribution is -2.21. The molecule has 25 heavy (non-hydrogen) atoms. The summed E-state index contributed by atoms with van der Waals surface area (Å²) in [6.45, 7) is 0. The third-order valence-corrected chi connectivity index (χ3v) is 3.59. The topological polar surface area (TPSA) is 116 Å². The molecule has 0 unspecified atom stereocenters. The Kier molecular flexibility index (Phi) is 3.55. The summed E-state index contributed by atoms with van der Waals surface area (Å²) in [5, 5.41) is 3.32. The van der Waals surface area contributed by atoms with Crippen LogP contribution in [0.1, 0.15) is 0 Å². The molecule has 2 aromatic heterocycles. The van der Waals surface area contributed by atoms with Gasteiger partial charge in [-0.3, -0.25) is 14.8 Å². The minimum atomic E-state index is -0.547. The minimum absolute atomic E-state index is 0.277. The summed E-state index contributed by atoms with van der Waals surface area (Å²) in [5.41, 5.74) is 1.59. The number of para-hydroxylation sites is 4. The number of rotatable bonds is 0. The second-order valence-corrected chi connectivity index (χ2v) is 5.25. The van der Waals surface area contributed by atoms with Crippen LogP contribution in [0.2, 0.25) is 0 Å². The Hall–Kier alpha value is -3.81. The van der Waals surface area contributed by atoms with Gasteiger partial charge in [0.2, 0.25) is 0 Å². The monoisotopic (exact) mass is 335 g/mol. The molecule has 0 spiro atoms. The highest BCUT2D eigenvalue weighted by molar-refractivity contribution is 5.75. The first-order chi connectivity index (χ1) is 12.2. The molecule has 0 aliphatic carbocycles. The number of aromatic amines is 3. The zero-order valence-electron chi connectivity index (χ0n) is 12.9. The van der Waals surface area contributed by atoms with Crippen LogP contribution in [0, 0.1) is 0 Å². The Bertz CT molecular complexity index is 1070. The van der Waals surface area contributed by atoms with E-state index in [1.807, 2.05) is 48.5 Å². The van der Waals surface area contributed by atoms with Crippen molar-refractivity contribution in [2.45, 2.75) is 0 Å². The van der Waals surface area contributed by atoms with Crippen LogP contribution in [-0.2, 0) is 0 Å². The lowest BCUT2D eigenvalue weighted by molar-refractivity contribution is 0.481. The van der Waals surface area contributed by atoms with Gasteiger partial charge in [-0.25, -0.2) is 9.78 Å². The first-order valence-electron chi connectivity index (χ1n) is 7.49. The molecule has 0 bridgehead atoms. The summed E-state index contributed by atoms with van der Waals surface area (Å²) in [6, 6.07) is 15.8. The van der Waals surface area contributed by atoms with Gasteiger partial charge < -0.3 is 15.0 Å². The van der Waals surface area contributed by atoms with Crippen molar-refractivity contribution < 1.29 is 4.74 Å². The van der Waals surface area contributed by atoms with Gasteiger partial charge in [-0.15, -0.1) is 0 Å². The number of hydrogen-bond acceptors (Lipinski definition) is 5. The van der Waals surface area contributed by atoms with Crippen molar-refractivity contribution in [3.63, 3.8) is 0 Å². The zero-order valence-corrected chi connectivity index (χ0v) is 12.9. The molecule has 0 amide bonds. The molecule has 0 radical (unpaired) electrons. The van der Waals surface area contributed by atoms with Crippen LogP contribution in [0.25, 0.3) is 11.2 Å². The molecule has 2 aromatic carbocycles. The predicted octanol–water partition coefficient (Wildman–Crippen LogP) is 2.48. The normalized spacial score (nSPS) is 11.4. The molecular formula is C17H13N5O3. The van der Waals surface area contributed by atoms with Gasteiger partial charge in [-0.05, 0) is 24.3 Å². The van der Waals surface area contributed by atoms with Crippen molar-refractivity contribution in [3.8, 4) is 11.5 Å². The Morgan fingerprint density at radius 2 is 1.48 bits per heavy atom. The van der Waals surface area contributed by atoms with Gasteiger partial charge in [-0.2, -0.15) is 0 Å². The van der Waals surface area contributed by atoms with Gasteiger partial charge in [0.25, 0.3) is 5.56 Å². The van der Waals surface area contributed by atoms with E-state index in [0.717, 1.165) is 22.9 Å². The predicted molar refractivity (Wildman–Crippen MR) is 93.6 cm³/mol. The number of ether oxygens (including phenoxy) is 1. The Morgan fingerprint density at radius 1 is 0.840 bits per heavy atom. The number of benzene rings is 2. The summed E-state index contributed by atoms with van der Waals surface area (Å²) >= 11 is 0. The smallest absolute Gasteiger partial charge is 0.327 e. The third-order valence-electron chi connectivity index (χ3n) is 3.59. The van der Waals surface area contributed by atoms with Gasteiger partial charge in [0.05, 0.1) is 17.7 Å². The van der Waals surface area contributed by atoms with E-state index in [9.17, 15) is 9.59 Å². The number of imidazole rings is 1. The highest BCUT2D eigenvalue weighted by atomic mass is 16.5. The second kappa shape index (κ2) is 6.00. The molecule has 3 heterocycles. The van der Waals surface area contributed by atoms with E-state index in [2.05, 4.69) is 25.3 Å².